The van der Waals surface area contributed by atoms with Crippen LogP contribution < -0.4 is 11.1 Å². The Morgan fingerprint density at radius 1 is 0.947 bits per heavy atom. The number of nitrogens with two attached hydrogens (primary N) is 1. The van der Waals surface area contributed by atoms with Crippen molar-refractivity contribution < 1.29 is 4.79 Å². The van der Waals surface area contributed by atoms with Gasteiger partial charge in [-0.25, -0.2) is 0 Å². The van der Waals surface area contributed by atoms with Crippen molar-refractivity contribution in [3.05, 3.63) is 0 Å². The van der Waals surface area contributed by atoms with Gasteiger partial charge in [-0.15, -0.1) is 0 Å². The van der Waals surface area contributed by atoms with Gasteiger partial charge >= 0.3 is 0 Å². The molecule has 0 aromatic carbocycles. The summed E-state index contributed by atoms with van der Waals surface area (Å²) < 4.78 is 0. The minimum atomic E-state index is 0.191. The van der Waals surface area contributed by atoms with Crippen molar-refractivity contribution in [1.82, 2.24) is 5.32 Å². The standard InChI is InChI=1S/C16H28N2O/c17-13-8-4-7-12(9-13)16(19)18-15-10-14(15)11-5-2-1-3-6-11/h11-15H,1-10,17H2,(H,18,19). The van der Waals surface area contributed by atoms with E-state index in [1.807, 2.05) is 0 Å². The predicted octanol–water partition coefficient (Wildman–Crippen LogP) is 2.59. The highest BCUT2D eigenvalue weighted by atomic mass is 16.2. The molecule has 4 unspecified atom stereocenters. The van der Waals surface area contributed by atoms with Crippen LogP contribution in [0.2, 0.25) is 0 Å². The summed E-state index contributed by atoms with van der Waals surface area (Å²) in [6.07, 6.45) is 12.4. The molecule has 4 atom stereocenters. The highest BCUT2D eigenvalue weighted by Gasteiger charge is 2.44. The maximum Gasteiger partial charge on any atom is 0.223 e. The van der Waals surface area contributed by atoms with Gasteiger partial charge in [0.15, 0.2) is 0 Å². The second-order valence-corrected chi connectivity index (χ2v) is 7.04. The van der Waals surface area contributed by atoms with Crippen LogP contribution in [0.5, 0.6) is 0 Å². The van der Waals surface area contributed by atoms with Crippen molar-refractivity contribution in [3.63, 3.8) is 0 Å². The summed E-state index contributed by atoms with van der Waals surface area (Å²) in [7, 11) is 0. The van der Waals surface area contributed by atoms with Gasteiger partial charge in [-0.2, -0.15) is 0 Å². The van der Waals surface area contributed by atoms with Gasteiger partial charge in [-0.3, -0.25) is 4.79 Å². The molecule has 0 aliphatic heterocycles. The quantitative estimate of drug-likeness (QED) is 0.823. The van der Waals surface area contributed by atoms with E-state index in [2.05, 4.69) is 5.32 Å². The molecule has 19 heavy (non-hydrogen) atoms. The van der Waals surface area contributed by atoms with Gasteiger partial charge in [0, 0.05) is 18.0 Å². The van der Waals surface area contributed by atoms with Crippen LogP contribution in [0.4, 0.5) is 0 Å². The van der Waals surface area contributed by atoms with Crippen molar-refractivity contribution in [2.75, 3.05) is 0 Å². The van der Waals surface area contributed by atoms with Crippen molar-refractivity contribution in [1.29, 1.82) is 0 Å². The largest absolute Gasteiger partial charge is 0.353 e. The van der Waals surface area contributed by atoms with E-state index in [0.29, 0.717) is 11.9 Å². The highest BCUT2D eigenvalue weighted by molar-refractivity contribution is 5.79. The van der Waals surface area contributed by atoms with Gasteiger partial charge in [0.2, 0.25) is 5.91 Å². The van der Waals surface area contributed by atoms with Crippen molar-refractivity contribution in [3.8, 4) is 0 Å². The summed E-state index contributed by atoms with van der Waals surface area (Å²) in [6, 6.07) is 0.742. The highest BCUT2D eigenvalue weighted by Crippen LogP contribution is 2.44. The minimum absolute atomic E-state index is 0.191. The Hall–Kier alpha value is -0.570. The van der Waals surface area contributed by atoms with E-state index in [1.54, 1.807) is 0 Å². The smallest absolute Gasteiger partial charge is 0.223 e. The average Bonchev–Trinajstić information content (AvgIpc) is 3.19. The molecule has 0 bridgehead atoms. The molecule has 0 spiro atoms. The molecule has 0 aromatic heterocycles. The molecule has 0 aromatic rings. The van der Waals surface area contributed by atoms with Gasteiger partial charge in [0.25, 0.3) is 0 Å². The Balaban J connectivity index is 1.43. The lowest BCUT2D eigenvalue weighted by molar-refractivity contribution is -0.126. The zero-order chi connectivity index (χ0) is 13.2. The van der Waals surface area contributed by atoms with E-state index >= 15 is 0 Å². The molecule has 3 fully saturated rings. The fraction of sp³-hybridized carbons (Fsp3) is 0.938. The molecule has 3 saturated carbocycles. The molecular formula is C16H28N2O. The third-order valence-electron chi connectivity index (χ3n) is 5.51. The van der Waals surface area contributed by atoms with Gasteiger partial charge in [-0.1, -0.05) is 38.5 Å². The first-order valence-electron chi connectivity index (χ1n) is 8.30. The third-order valence-corrected chi connectivity index (χ3v) is 5.51. The normalized spacial score (nSPS) is 39.8. The van der Waals surface area contributed by atoms with E-state index in [4.69, 9.17) is 5.73 Å². The summed E-state index contributed by atoms with van der Waals surface area (Å²) in [5.74, 6) is 2.17. The van der Waals surface area contributed by atoms with Crippen LogP contribution in [0.3, 0.4) is 0 Å². The van der Waals surface area contributed by atoms with Crippen LogP contribution in [-0.4, -0.2) is 18.0 Å². The molecule has 3 aliphatic rings. The number of amides is 1. The van der Waals surface area contributed by atoms with Crippen LogP contribution in [0.25, 0.3) is 0 Å². The number of nitrogens with one attached hydrogen (secondary N) is 1. The Morgan fingerprint density at radius 3 is 2.47 bits per heavy atom. The molecule has 3 rings (SSSR count). The van der Waals surface area contributed by atoms with Crippen molar-refractivity contribution in [2.45, 2.75) is 76.3 Å². The third kappa shape index (κ3) is 3.31. The molecule has 0 saturated heterocycles. The predicted molar refractivity (Wildman–Crippen MR) is 76.5 cm³/mol. The number of carbonyl (C=O) groups excluding carboxylic acids is 1. The Morgan fingerprint density at radius 2 is 1.74 bits per heavy atom. The van der Waals surface area contributed by atoms with E-state index in [1.165, 1.54) is 38.5 Å². The second kappa shape index (κ2) is 5.82. The van der Waals surface area contributed by atoms with Gasteiger partial charge in [-0.05, 0) is 37.5 Å². The van der Waals surface area contributed by atoms with Crippen LogP contribution >= 0.6 is 0 Å². The van der Waals surface area contributed by atoms with E-state index in [9.17, 15) is 4.79 Å². The zero-order valence-corrected chi connectivity index (χ0v) is 11.9. The van der Waals surface area contributed by atoms with E-state index < -0.39 is 0 Å². The summed E-state index contributed by atoms with van der Waals surface area (Å²) in [6.45, 7) is 0. The first-order chi connectivity index (χ1) is 9.24. The van der Waals surface area contributed by atoms with Crippen molar-refractivity contribution in [2.24, 2.45) is 23.5 Å². The first-order valence-corrected chi connectivity index (χ1v) is 8.30. The van der Waals surface area contributed by atoms with Gasteiger partial charge in [0.05, 0.1) is 0 Å². The molecule has 108 valence electrons. The number of carbonyl (C=O) groups is 1. The lowest BCUT2D eigenvalue weighted by Crippen LogP contribution is -2.39. The van der Waals surface area contributed by atoms with Gasteiger partial charge < -0.3 is 11.1 Å². The summed E-state index contributed by atoms with van der Waals surface area (Å²) in [5.41, 5.74) is 5.97. The second-order valence-electron chi connectivity index (χ2n) is 7.04. The maximum atomic E-state index is 12.3. The SMILES string of the molecule is NC1CCCC(C(=O)NC2CC2C2CCCCC2)C1. The number of hydrogen-bond donors (Lipinski definition) is 2. The minimum Gasteiger partial charge on any atom is -0.353 e. The fourth-order valence-corrected chi connectivity index (χ4v) is 4.23. The summed E-state index contributed by atoms with van der Waals surface area (Å²) in [4.78, 5) is 12.3. The molecular weight excluding hydrogens is 236 g/mol. The van der Waals surface area contributed by atoms with Crippen molar-refractivity contribution >= 4 is 5.91 Å². The molecule has 3 aliphatic carbocycles. The molecule has 0 heterocycles. The average molecular weight is 264 g/mol. The Kier molecular flexibility index (Phi) is 4.11. The molecule has 1 amide bonds. The lowest BCUT2D eigenvalue weighted by atomic mass is 9.85. The Bertz CT molecular complexity index is 325. The van der Waals surface area contributed by atoms with Crippen LogP contribution in [0, 0.1) is 17.8 Å². The van der Waals surface area contributed by atoms with E-state index in [0.717, 1.165) is 37.5 Å². The Labute approximate surface area is 116 Å². The zero-order valence-electron chi connectivity index (χ0n) is 11.9. The van der Waals surface area contributed by atoms with Crippen LogP contribution in [0.15, 0.2) is 0 Å². The van der Waals surface area contributed by atoms with Gasteiger partial charge in [0.1, 0.15) is 0 Å². The maximum absolute atomic E-state index is 12.3. The van der Waals surface area contributed by atoms with E-state index in [-0.39, 0.29) is 12.0 Å². The fourth-order valence-electron chi connectivity index (χ4n) is 4.23. The number of rotatable bonds is 3. The molecule has 3 N–H and O–H groups in total. The lowest BCUT2D eigenvalue weighted by Gasteiger charge is -2.26. The monoisotopic (exact) mass is 264 g/mol. The molecule has 3 nitrogen and oxygen atoms in total. The summed E-state index contributed by atoms with van der Waals surface area (Å²) in [5, 5.41) is 3.30. The van der Waals surface area contributed by atoms with Crippen LogP contribution in [0.1, 0.15) is 64.2 Å². The topological polar surface area (TPSA) is 55.1 Å². The summed E-state index contributed by atoms with van der Waals surface area (Å²) >= 11 is 0. The molecule has 0 radical (unpaired) electrons. The van der Waals surface area contributed by atoms with Crippen LogP contribution in [-0.2, 0) is 4.79 Å². The first kappa shape index (κ1) is 13.4. The number of hydrogen-bond acceptors (Lipinski definition) is 2. The molecule has 3 heteroatoms.